The molecule has 0 unspecified atom stereocenters. The summed E-state index contributed by atoms with van der Waals surface area (Å²) in [7, 11) is 0. The number of hydrogen-bond acceptors (Lipinski definition) is 5. The van der Waals surface area contributed by atoms with Crippen LogP contribution < -0.4 is 0 Å². The Morgan fingerprint density at radius 1 is 1.42 bits per heavy atom. The predicted molar refractivity (Wildman–Crippen MR) is 74.0 cm³/mol. The largest absolute Gasteiger partial charge is 0.353 e. The van der Waals surface area contributed by atoms with Crippen molar-refractivity contribution in [3.63, 3.8) is 0 Å². The first-order chi connectivity index (χ1) is 9.31. The monoisotopic (exact) mass is 272 g/mol. The number of rotatable bonds is 1. The fourth-order valence-electron chi connectivity index (χ4n) is 2.37. The lowest BCUT2D eigenvalue weighted by Gasteiger charge is -2.13. The molecule has 0 amide bonds. The van der Waals surface area contributed by atoms with Gasteiger partial charge in [-0.1, -0.05) is 5.16 Å². The van der Waals surface area contributed by atoms with Gasteiger partial charge >= 0.3 is 0 Å². The zero-order chi connectivity index (χ0) is 12.8. The number of hydrogen-bond donors (Lipinski definition) is 1. The number of nitrogens with zero attached hydrogens (tertiary/aromatic N) is 3. The van der Waals surface area contributed by atoms with Crippen molar-refractivity contribution in [2.45, 2.75) is 19.1 Å². The molecule has 1 N–H and O–H groups in total. The number of fused-ring (bicyclic) bond motifs is 3. The Bertz CT molecular complexity index is 761. The normalized spacial score (nSPS) is 14.8. The average Bonchev–Trinajstić information content (AvgIpc) is 3.04. The second-order valence-electron chi connectivity index (χ2n) is 4.67. The third kappa shape index (κ3) is 1.74. The molecule has 3 aromatic heterocycles. The van der Waals surface area contributed by atoms with Gasteiger partial charge in [-0.15, -0.1) is 0 Å². The second-order valence-corrected chi connectivity index (χ2v) is 5.77. The fraction of sp³-hybridized carbons (Fsp3) is 0.308. The molecule has 19 heavy (non-hydrogen) atoms. The first kappa shape index (κ1) is 11.0. The Balaban J connectivity index is 1.91. The molecule has 4 rings (SSSR count). The topological polar surface area (TPSA) is 67.6 Å². The number of H-pyrrole nitrogens is 1. The van der Waals surface area contributed by atoms with Crippen LogP contribution in [-0.4, -0.2) is 25.9 Å². The Hall–Kier alpha value is -1.82. The third-order valence-electron chi connectivity index (χ3n) is 3.31. The summed E-state index contributed by atoms with van der Waals surface area (Å²) in [6.45, 7) is 1.90. The van der Waals surface area contributed by atoms with E-state index in [1.807, 2.05) is 30.9 Å². The smallest absolute Gasteiger partial charge is 0.202 e. The van der Waals surface area contributed by atoms with Crippen LogP contribution in [0.5, 0.6) is 0 Å². The molecule has 0 saturated carbocycles. The van der Waals surface area contributed by atoms with E-state index in [4.69, 9.17) is 4.52 Å². The van der Waals surface area contributed by atoms with E-state index in [1.165, 1.54) is 11.3 Å². The first-order valence-corrected chi connectivity index (χ1v) is 7.34. The van der Waals surface area contributed by atoms with Gasteiger partial charge in [-0.2, -0.15) is 11.8 Å². The summed E-state index contributed by atoms with van der Waals surface area (Å²) in [4.78, 5) is 12.5. The molecule has 96 valence electrons. The van der Waals surface area contributed by atoms with Gasteiger partial charge in [0, 0.05) is 23.1 Å². The molecule has 3 aromatic rings. The molecular formula is C13H12N4OS. The Morgan fingerprint density at radius 2 is 2.37 bits per heavy atom. The number of aromatic amines is 1. The van der Waals surface area contributed by atoms with Gasteiger partial charge in [0.15, 0.2) is 5.82 Å². The van der Waals surface area contributed by atoms with Crippen molar-refractivity contribution in [1.29, 1.82) is 0 Å². The minimum atomic E-state index is 0.672. The molecule has 0 radical (unpaired) electrons. The van der Waals surface area contributed by atoms with E-state index in [9.17, 15) is 0 Å². The van der Waals surface area contributed by atoms with Gasteiger partial charge < -0.3 is 9.51 Å². The average molecular weight is 272 g/mol. The van der Waals surface area contributed by atoms with E-state index in [1.54, 1.807) is 0 Å². The highest BCUT2D eigenvalue weighted by molar-refractivity contribution is 7.98. The van der Waals surface area contributed by atoms with Crippen molar-refractivity contribution in [1.82, 2.24) is 20.1 Å². The first-order valence-electron chi connectivity index (χ1n) is 6.19. The van der Waals surface area contributed by atoms with Gasteiger partial charge in [-0.05, 0) is 19.1 Å². The van der Waals surface area contributed by atoms with Gasteiger partial charge in [-0.25, -0.2) is 4.98 Å². The molecule has 1 aliphatic rings. The Labute approximate surface area is 113 Å². The van der Waals surface area contributed by atoms with Gasteiger partial charge in [-0.3, -0.25) is 4.98 Å². The van der Waals surface area contributed by atoms with Crippen molar-refractivity contribution in [3.8, 4) is 11.6 Å². The van der Waals surface area contributed by atoms with Gasteiger partial charge in [0.1, 0.15) is 0 Å². The number of aryl methyl sites for hydroxylation is 2. The summed E-state index contributed by atoms with van der Waals surface area (Å²) >= 11 is 1.93. The molecule has 6 heteroatoms. The number of nitrogens with one attached hydrogen (secondary N) is 1. The number of imidazole rings is 1. The van der Waals surface area contributed by atoms with E-state index >= 15 is 0 Å². The van der Waals surface area contributed by atoms with E-state index < -0.39 is 0 Å². The maximum absolute atomic E-state index is 5.25. The van der Waals surface area contributed by atoms with E-state index in [2.05, 4.69) is 20.1 Å². The van der Waals surface area contributed by atoms with Crippen LogP contribution in [-0.2, 0) is 12.2 Å². The van der Waals surface area contributed by atoms with Crippen LogP contribution in [0.3, 0.4) is 0 Å². The lowest BCUT2D eigenvalue weighted by Crippen LogP contribution is -2.05. The van der Waals surface area contributed by atoms with Crippen LogP contribution in [0.4, 0.5) is 0 Å². The molecule has 5 nitrogen and oxygen atoms in total. The van der Waals surface area contributed by atoms with Gasteiger partial charge in [0.25, 0.3) is 0 Å². The zero-order valence-electron chi connectivity index (χ0n) is 10.4. The maximum atomic E-state index is 5.25. The van der Waals surface area contributed by atoms with Crippen LogP contribution in [0.15, 0.2) is 16.8 Å². The van der Waals surface area contributed by atoms with Crippen LogP contribution in [0.25, 0.3) is 22.6 Å². The molecule has 0 fully saturated rings. The molecule has 0 bridgehead atoms. The predicted octanol–water partition coefficient (Wildman–Crippen LogP) is 2.71. The molecule has 0 spiro atoms. The quantitative estimate of drug-likeness (QED) is 0.737. The van der Waals surface area contributed by atoms with Crippen molar-refractivity contribution in [2.75, 3.05) is 5.75 Å². The van der Waals surface area contributed by atoms with E-state index in [0.29, 0.717) is 5.76 Å². The summed E-state index contributed by atoms with van der Waals surface area (Å²) < 4.78 is 5.25. The summed E-state index contributed by atoms with van der Waals surface area (Å²) in [5.41, 5.74) is 5.27. The fourth-order valence-corrected chi connectivity index (χ4v) is 3.36. The lowest BCUT2D eigenvalue weighted by molar-refractivity contribution is 0.425. The van der Waals surface area contributed by atoms with Crippen LogP contribution in [0.1, 0.15) is 17.0 Å². The Kier molecular flexibility index (Phi) is 2.38. The number of thioether (sulfide) groups is 1. The molecule has 0 atom stereocenters. The van der Waals surface area contributed by atoms with Crippen molar-refractivity contribution < 1.29 is 4.52 Å². The second kappa shape index (κ2) is 4.09. The van der Waals surface area contributed by atoms with Crippen molar-refractivity contribution in [2.24, 2.45) is 0 Å². The molecule has 0 aliphatic carbocycles. The highest BCUT2D eigenvalue weighted by Gasteiger charge is 2.18. The minimum absolute atomic E-state index is 0.672. The van der Waals surface area contributed by atoms with Crippen LogP contribution >= 0.6 is 11.8 Å². The van der Waals surface area contributed by atoms with Crippen molar-refractivity contribution >= 4 is 22.8 Å². The Morgan fingerprint density at radius 3 is 3.21 bits per heavy atom. The molecule has 1 aliphatic heterocycles. The van der Waals surface area contributed by atoms with Crippen LogP contribution in [0, 0.1) is 6.92 Å². The SMILES string of the molecule is Cc1cc(-c2nc3c4c(ncc3[nH]2)CCSC4)on1. The molecular weight excluding hydrogens is 260 g/mol. The molecule has 4 heterocycles. The van der Waals surface area contributed by atoms with Crippen LogP contribution in [0.2, 0.25) is 0 Å². The zero-order valence-corrected chi connectivity index (χ0v) is 11.3. The summed E-state index contributed by atoms with van der Waals surface area (Å²) in [6, 6.07) is 1.88. The highest BCUT2D eigenvalue weighted by Crippen LogP contribution is 2.30. The summed E-state index contributed by atoms with van der Waals surface area (Å²) in [5, 5.41) is 3.90. The number of pyridine rings is 1. The third-order valence-corrected chi connectivity index (χ3v) is 4.29. The highest BCUT2D eigenvalue weighted by atomic mass is 32.2. The van der Waals surface area contributed by atoms with Gasteiger partial charge in [0.05, 0.1) is 22.9 Å². The standard InChI is InChI=1S/C13H12N4OS/c1-7-4-11(18-17-7)13-15-10-5-14-9-2-3-19-6-8(9)12(10)16-13/h4-5H,2-3,6H2,1H3,(H,15,16). The van der Waals surface area contributed by atoms with E-state index in [-0.39, 0.29) is 0 Å². The maximum Gasteiger partial charge on any atom is 0.202 e. The van der Waals surface area contributed by atoms with E-state index in [0.717, 1.165) is 40.5 Å². The minimum Gasteiger partial charge on any atom is -0.353 e. The van der Waals surface area contributed by atoms with Gasteiger partial charge in [0.2, 0.25) is 5.76 Å². The summed E-state index contributed by atoms with van der Waals surface area (Å²) in [5.74, 6) is 3.52. The summed E-state index contributed by atoms with van der Waals surface area (Å²) in [6.07, 6.45) is 2.89. The number of aromatic nitrogens is 4. The molecule has 0 saturated heterocycles. The lowest BCUT2D eigenvalue weighted by atomic mass is 10.1. The van der Waals surface area contributed by atoms with Crippen molar-refractivity contribution in [3.05, 3.63) is 29.2 Å². The molecule has 0 aromatic carbocycles.